The average Bonchev–Trinajstić information content (AvgIpc) is 3.59. The third kappa shape index (κ3) is 4.48. The number of carboxylic acid groups (broad SMARTS) is 1. The number of esters is 1. The maximum absolute atomic E-state index is 12.7. The summed E-state index contributed by atoms with van der Waals surface area (Å²) in [5.74, 6) is -2.21. The normalized spacial score (nSPS) is 32.8. The topological polar surface area (TPSA) is 123 Å². The molecule has 0 aromatic heterocycles. The molecule has 5 aliphatic heterocycles. The molecule has 0 saturated carbocycles. The van der Waals surface area contributed by atoms with Crippen LogP contribution < -0.4 is 0 Å². The Bertz CT molecular complexity index is 1300. The summed E-state index contributed by atoms with van der Waals surface area (Å²) in [6.45, 7) is 5.55. The van der Waals surface area contributed by atoms with Crippen molar-refractivity contribution in [3.8, 4) is 0 Å². The van der Waals surface area contributed by atoms with Gasteiger partial charge < -0.3 is 29.1 Å². The third-order valence-electron chi connectivity index (χ3n) is 9.93. The summed E-state index contributed by atoms with van der Waals surface area (Å²) in [7, 11) is 0. The highest BCUT2D eigenvalue weighted by Crippen LogP contribution is 2.52. The van der Waals surface area contributed by atoms with Crippen LogP contribution in [0.15, 0.2) is 60.7 Å². The summed E-state index contributed by atoms with van der Waals surface area (Å²) in [6.07, 6.45) is 0.435. The summed E-state index contributed by atoms with van der Waals surface area (Å²) in [6, 6.07) is 19.4. The molecular weight excluding hydrogens is 540 g/mol. The van der Waals surface area contributed by atoms with Gasteiger partial charge in [0, 0.05) is 26.1 Å². The zero-order chi connectivity index (χ0) is 29.6. The summed E-state index contributed by atoms with van der Waals surface area (Å²) in [4.78, 5) is 52.9. The van der Waals surface area contributed by atoms with E-state index in [1.54, 1.807) is 9.80 Å². The predicted octanol–water partition coefficient (Wildman–Crippen LogP) is 3.19. The minimum atomic E-state index is -0.988. The number of rotatable bonds is 5. The van der Waals surface area contributed by atoms with Gasteiger partial charge in [0.25, 0.3) is 0 Å². The van der Waals surface area contributed by atoms with E-state index in [0.29, 0.717) is 26.0 Å². The van der Waals surface area contributed by atoms with Crippen molar-refractivity contribution in [3.05, 3.63) is 71.8 Å². The number of carboxylic acids is 1. The van der Waals surface area contributed by atoms with Crippen LogP contribution in [0, 0.1) is 22.7 Å². The molecule has 5 aliphatic rings. The van der Waals surface area contributed by atoms with E-state index in [9.17, 15) is 24.3 Å². The first kappa shape index (κ1) is 28.4. The molecule has 1 unspecified atom stereocenters. The number of ether oxygens (including phenoxy) is 3. The molecule has 2 bridgehead atoms. The fourth-order valence-corrected chi connectivity index (χ4v) is 7.20. The maximum atomic E-state index is 12.7. The van der Waals surface area contributed by atoms with Crippen molar-refractivity contribution >= 4 is 23.8 Å². The molecule has 0 aliphatic carbocycles. The molecule has 5 saturated heterocycles. The van der Waals surface area contributed by atoms with E-state index in [-0.39, 0.29) is 49.6 Å². The first-order valence-electron chi connectivity index (χ1n) is 14.5. The van der Waals surface area contributed by atoms with Crippen LogP contribution in [0.3, 0.4) is 0 Å². The lowest BCUT2D eigenvalue weighted by atomic mass is 9.74. The minimum Gasteiger partial charge on any atom is -0.481 e. The van der Waals surface area contributed by atoms with Crippen LogP contribution in [0.4, 0.5) is 0 Å². The SMILES string of the molecule is C[C@H](c1ccccc1)N1C[C@]2(C(=O)O)CCOC[C@H]2C1=O.C[C@H](c1ccccc1)N1C[C@]23CC(OC[C@H]2C1=O)OC3=O. The van der Waals surface area contributed by atoms with E-state index >= 15 is 0 Å². The van der Waals surface area contributed by atoms with E-state index in [2.05, 4.69) is 0 Å². The van der Waals surface area contributed by atoms with Gasteiger partial charge in [0.15, 0.2) is 0 Å². The maximum Gasteiger partial charge on any atom is 0.317 e. The number of amides is 2. The standard InChI is InChI=1S/C16H17NO4.C16H19NO4/c1-10(11-5-3-2-4-6-11)17-9-16-7-13(21-15(16)19)20-8-12(16)14(17)18;1-11(12-5-3-2-4-6-12)17-10-16(15(19)20)7-8-21-9-13(16)14(17)18/h2-6,10,12-13H,7-9H2,1H3;2-6,11,13H,7-10H2,1H3,(H,19,20)/t10-,12+,13?,16-;11-,13+,16-/m11/s1. The Hall–Kier alpha value is -3.76. The molecule has 2 aromatic carbocycles. The van der Waals surface area contributed by atoms with Crippen molar-refractivity contribution in [1.82, 2.24) is 9.80 Å². The zero-order valence-electron chi connectivity index (χ0n) is 23.8. The largest absolute Gasteiger partial charge is 0.481 e. The number of likely N-dealkylation sites (tertiary alicyclic amines) is 2. The molecule has 5 fully saturated rings. The lowest BCUT2D eigenvalue weighted by Gasteiger charge is -2.33. The Morgan fingerprint density at radius 1 is 0.857 bits per heavy atom. The monoisotopic (exact) mass is 576 g/mol. The van der Waals surface area contributed by atoms with Gasteiger partial charge in [-0.3, -0.25) is 19.2 Å². The van der Waals surface area contributed by atoms with Crippen LogP contribution in [0.1, 0.15) is 49.9 Å². The van der Waals surface area contributed by atoms with Crippen molar-refractivity contribution < 1.29 is 38.5 Å². The average molecular weight is 577 g/mol. The van der Waals surface area contributed by atoms with Crippen LogP contribution >= 0.6 is 0 Å². The Balaban J connectivity index is 0.000000150. The van der Waals surface area contributed by atoms with Gasteiger partial charge in [0.2, 0.25) is 18.1 Å². The van der Waals surface area contributed by atoms with Gasteiger partial charge in [-0.25, -0.2) is 0 Å². The van der Waals surface area contributed by atoms with Gasteiger partial charge in [-0.1, -0.05) is 60.7 Å². The lowest BCUT2D eigenvalue weighted by Crippen LogP contribution is -2.45. The molecule has 10 nitrogen and oxygen atoms in total. The molecule has 7 rings (SSSR count). The molecule has 1 spiro atoms. The zero-order valence-corrected chi connectivity index (χ0v) is 23.8. The first-order chi connectivity index (χ1) is 20.2. The number of carbonyl (C=O) groups is 4. The van der Waals surface area contributed by atoms with Gasteiger partial charge in [-0.2, -0.15) is 0 Å². The number of carbonyl (C=O) groups excluding carboxylic acids is 3. The molecule has 5 heterocycles. The first-order valence-corrected chi connectivity index (χ1v) is 14.5. The highest BCUT2D eigenvalue weighted by atomic mass is 16.7. The fourth-order valence-electron chi connectivity index (χ4n) is 7.20. The lowest BCUT2D eigenvalue weighted by molar-refractivity contribution is -0.161. The van der Waals surface area contributed by atoms with Crippen molar-refractivity contribution in [3.63, 3.8) is 0 Å². The fraction of sp³-hybridized carbons (Fsp3) is 0.500. The van der Waals surface area contributed by atoms with Crippen LogP contribution in [-0.4, -0.2) is 77.9 Å². The van der Waals surface area contributed by atoms with Gasteiger partial charge >= 0.3 is 11.9 Å². The van der Waals surface area contributed by atoms with Crippen LogP contribution in [0.25, 0.3) is 0 Å². The van der Waals surface area contributed by atoms with Crippen molar-refractivity contribution in [1.29, 1.82) is 0 Å². The third-order valence-corrected chi connectivity index (χ3v) is 9.93. The number of nitrogens with zero attached hydrogens (tertiary/aromatic N) is 2. The van der Waals surface area contributed by atoms with Crippen molar-refractivity contribution in [2.24, 2.45) is 22.7 Å². The van der Waals surface area contributed by atoms with Gasteiger partial charge in [-0.15, -0.1) is 0 Å². The molecule has 10 heteroatoms. The van der Waals surface area contributed by atoms with Crippen molar-refractivity contribution in [2.45, 2.75) is 45.1 Å². The van der Waals surface area contributed by atoms with E-state index in [0.717, 1.165) is 11.1 Å². The molecule has 2 amide bonds. The second kappa shape index (κ2) is 10.8. The molecule has 1 N–H and O–H groups in total. The van der Waals surface area contributed by atoms with Crippen LogP contribution in [0.2, 0.25) is 0 Å². The molecule has 0 radical (unpaired) electrons. The Labute approximate surface area is 244 Å². The number of hydrogen-bond donors (Lipinski definition) is 1. The summed E-state index contributed by atoms with van der Waals surface area (Å²) in [5.41, 5.74) is 0.414. The Kier molecular flexibility index (Phi) is 7.31. The van der Waals surface area contributed by atoms with E-state index in [4.69, 9.17) is 14.2 Å². The second-order valence-corrected chi connectivity index (χ2v) is 12.0. The highest BCUT2D eigenvalue weighted by Gasteiger charge is 2.66. The minimum absolute atomic E-state index is 0.00338. The molecule has 2 aromatic rings. The quantitative estimate of drug-likeness (QED) is 0.539. The number of fused-ring (bicyclic) bond motifs is 2. The highest BCUT2D eigenvalue weighted by molar-refractivity contribution is 5.94. The summed E-state index contributed by atoms with van der Waals surface area (Å²) < 4.78 is 16.0. The van der Waals surface area contributed by atoms with Crippen LogP contribution in [-0.2, 0) is 33.4 Å². The Morgan fingerprint density at radius 2 is 1.43 bits per heavy atom. The number of benzene rings is 2. The predicted molar refractivity (Wildman–Crippen MR) is 149 cm³/mol. The van der Waals surface area contributed by atoms with Gasteiger partial charge in [0.05, 0.1) is 37.1 Å². The second-order valence-electron chi connectivity index (χ2n) is 12.0. The van der Waals surface area contributed by atoms with Gasteiger partial charge in [-0.05, 0) is 31.4 Å². The van der Waals surface area contributed by atoms with Gasteiger partial charge in [0.1, 0.15) is 10.8 Å². The number of aliphatic carboxylic acids is 1. The molecule has 7 atom stereocenters. The van der Waals surface area contributed by atoms with E-state index < -0.39 is 34.9 Å². The molecule has 222 valence electrons. The molecule has 42 heavy (non-hydrogen) atoms. The van der Waals surface area contributed by atoms with Crippen LogP contribution in [0.5, 0.6) is 0 Å². The van der Waals surface area contributed by atoms with E-state index in [1.165, 1.54) is 0 Å². The summed E-state index contributed by atoms with van der Waals surface area (Å²) in [5, 5.41) is 9.65. The smallest absolute Gasteiger partial charge is 0.317 e. The van der Waals surface area contributed by atoms with Crippen molar-refractivity contribution in [2.75, 3.05) is 32.9 Å². The molecular formula is C32H36N2O8. The van der Waals surface area contributed by atoms with E-state index in [1.807, 2.05) is 74.5 Å². The number of hydrogen-bond acceptors (Lipinski definition) is 7. The summed E-state index contributed by atoms with van der Waals surface area (Å²) >= 11 is 0. The Morgan fingerprint density at radius 3 is 2.00 bits per heavy atom.